The van der Waals surface area contributed by atoms with Crippen molar-refractivity contribution in [2.45, 2.75) is 19.8 Å². The van der Waals surface area contributed by atoms with E-state index in [1.165, 1.54) is 60.9 Å². The van der Waals surface area contributed by atoms with Crippen molar-refractivity contribution in [2.24, 2.45) is 10.4 Å². The minimum Gasteiger partial charge on any atom is -0.311 e. The Hall–Kier alpha value is -6.51. The number of allylic oxidation sites excluding steroid dienone is 10. The predicted octanol–water partition coefficient (Wildman–Crippen LogP) is 11.6. The molecular formula is C51H38N2. The van der Waals surface area contributed by atoms with E-state index in [1.807, 2.05) is 0 Å². The van der Waals surface area contributed by atoms with Crippen LogP contribution in [0.2, 0.25) is 0 Å². The van der Waals surface area contributed by atoms with E-state index in [9.17, 15) is 0 Å². The second-order valence-electron chi connectivity index (χ2n) is 14.7. The van der Waals surface area contributed by atoms with Crippen molar-refractivity contribution in [2.75, 3.05) is 4.90 Å². The van der Waals surface area contributed by atoms with Gasteiger partial charge in [-0.3, -0.25) is 0 Å². The van der Waals surface area contributed by atoms with Gasteiger partial charge in [-0.15, -0.1) is 0 Å². The first-order valence-electron chi connectivity index (χ1n) is 18.5. The van der Waals surface area contributed by atoms with E-state index in [4.69, 9.17) is 4.99 Å². The third-order valence-electron chi connectivity index (χ3n) is 11.2. The third-order valence-corrected chi connectivity index (χ3v) is 11.2. The molecule has 1 atom stereocenters. The van der Waals surface area contributed by atoms with Crippen LogP contribution < -0.4 is 15.5 Å². The van der Waals surface area contributed by atoms with E-state index < -0.39 is 0 Å². The molecule has 2 nitrogen and oxygen atoms in total. The average molecular weight is 679 g/mol. The van der Waals surface area contributed by atoms with Crippen LogP contribution in [0.4, 0.5) is 17.1 Å². The maximum atomic E-state index is 5.19. The molecule has 4 aliphatic rings. The minimum atomic E-state index is -0.239. The van der Waals surface area contributed by atoms with Gasteiger partial charge in [0.05, 0.1) is 11.1 Å². The van der Waals surface area contributed by atoms with E-state index >= 15 is 0 Å². The second kappa shape index (κ2) is 12.3. The Labute approximate surface area is 311 Å². The molecule has 0 amide bonds. The Balaban J connectivity index is 1.10. The summed E-state index contributed by atoms with van der Waals surface area (Å²) < 4.78 is 0. The summed E-state index contributed by atoms with van der Waals surface area (Å²) in [5.74, 6) is 0.213. The molecule has 0 N–H and O–H groups in total. The standard InChI is InChI=1S/C51H38N2/c1-51(2)49-44-32-38(35-16-8-4-9-17-35)26-31-42(44)48(45(49)33-47-50(51)43-20-12-13-21-46(43)52-47)37-24-29-41(30-25-37)53(39-18-10-5-11-19-39)40-27-22-36(23-28-40)34-14-6-3-7-15-34/h3-33,38H,1-2H3. The van der Waals surface area contributed by atoms with Crippen molar-refractivity contribution in [3.05, 3.63) is 238 Å². The van der Waals surface area contributed by atoms with Crippen LogP contribution in [0.15, 0.2) is 221 Å². The first kappa shape index (κ1) is 31.2. The molecule has 0 bridgehead atoms. The summed E-state index contributed by atoms with van der Waals surface area (Å²) in [6, 6.07) is 58.7. The molecule has 252 valence electrons. The van der Waals surface area contributed by atoms with Crippen LogP contribution in [0.25, 0.3) is 22.3 Å². The van der Waals surface area contributed by atoms with Gasteiger partial charge in [-0.25, -0.2) is 4.99 Å². The molecule has 0 spiro atoms. The molecule has 1 aliphatic heterocycles. The molecule has 2 heteroatoms. The molecule has 1 heterocycles. The lowest BCUT2D eigenvalue weighted by atomic mass is 9.68. The maximum Gasteiger partial charge on any atom is 0.0713 e. The highest BCUT2D eigenvalue weighted by atomic mass is 15.1. The number of benzene rings is 6. The van der Waals surface area contributed by atoms with Crippen molar-refractivity contribution in [1.82, 2.24) is 0 Å². The third kappa shape index (κ3) is 5.13. The molecule has 1 unspecified atom stereocenters. The smallest absolute Gasteiger partial charge is 0.0713 e. The molecule has 0 radical (unpaired) electrons. The first-order chi connectivity index (χ1) is 26.0. The van der Waals surface area contributed by atoms with Gasteiger partial charge in [-0.2, -0.15) is 0 Å². The van der Waals surface area contributed by atoms with E-state index in [0.717, 1.165) is 28.1 Å². The number of hydrogen-bond acceptors (Lipinski definition) is 2. The van der Waals surface area contributed by atoms with Crippen LogP contribution in [0.1, 0.15) is 30.9 Å². The fourth-order valence-corrected chi connectivity index (χ4v) is 8.84. The summed E-state index contributed by atoms with van der Waals surface area (Å²) in [5.41, 5.74) is 17.1. The highest BCUT2D eigenvalue weighted by Crippen LogP contribution is 2.59. The number of para-hydroxylation sites is 2. The molecule has 0 aromatic heterocycles. The van der Waals surface area contributed by atoms with Crippen LogP contribution in [-0.2, 0) is 0 Å². The van der Waals surface area contributed by atoms with Crippen molar-refractivity contribution in [1.29, 1.82) is 0 Å². The Bertz CT molecular complexity index is 2690. The Morgan fingerprint density at radius 3 is 1.79 bits per heavy atom. The van der Waals surface area contributed by atoms with Gasteiger partial charge >= 0.3 is 0 Å². The van der Waals surface area contributed by atoms with Crippen molar-refractivity contribution in [3.63, 3.8) is 0 Å². The lowest BCUT2D eigenvalue weighted by molar-refractivity contribution is 0.601. The monoisotopic (exact) mass is 678 g/mol. The van der Waals surface area contributed by atoms with Crippen LogP contribution in [-0.4, -0.2) is 0 Å². The van der Waals surface area contributed by atoms with E-state index in [2.05, 4.69) is 207 Å². The first-order valence-corrected chi connectivity index (χ1v) is 18.5. The SMILES string of the molecule is CC1(C)C2=C(C=C3N=c4ccccc4=C31)C(c1ccc(N(c3ccccc3)c3ccc(-c4ccccc4)cc3)cc1)=C1C=CC(c3ccccc3)C=C12. The second-order valence-corrected chi connectivity index (χ2v) is 14.7. The Kier molecular flexibility index (Phi) is 7.26. The molecule has 3 aliphatic carbocycles. The summed E-state index contributed by atoms with van der Waals surface area (Å²) >= 11 is 0. The van der Waals surface area contributed by atoms with Gasteiger partial charge in [-0.1, -0.05) is 153 Å². The zero-order valence-corrected chi connectivity index (χ0v) is 29.9. The number of rotatable bonds is 6. The normalized spacial score (nSPS) is 17.7. The summed E-state index contributed by atoms with van der Waals surface area (Å²) in [5, 5.41) is 2.31. The van der Waals surface area contributed by atoms with Crippen LogP contribution in [0.5, 0.6) is 0 Å². The lowest BCUT2D eigenvalue weighted by Gasteiger charge is -2.35. The highest BCUT2D eigenvalue weighted by Gasteiger charge is 2.44. The van der Waals surface area contributed by atoms with Crippen molar-refractivity contribution in [3.8, 4) is 11.1 Å². The molecule has 0 saturated carbocycles. The van der Waals surface area contributed by atoms with Crippen LogP contribution in [0.3, 0.4) is 0 Å². The molecular weight excluding hydrogens is 641 g/mol. The Morgan fingerprint density at radius 2 is 1.09 bits per heavy atom. The number of hydrogen-bond donors (Lipinski definition) is 0. The van der Waals surface area contributed by atoms with Crippen molar-refractivity contribution >= 4 is 28.2 Å². The number of anilines is 3. The predicted molar refractivity (Wildman–Crippen MR) is 219 cm³/mol. The molecule has 0 saturated heterocycles. The van der Waals surface area contributed by atoms with Crippen molar-refractivity contribution < 1.29 is 0 Å². The Morgan fingerprint density at radius 1 is 0.528 bits per heavy atom. The molecule has 6 aromatic rings. The van der Waals surface area contributed by atoms with Gasteiger partial charge in [0.25, 0.3) is 0 Å². The maximum absolute atomic E-state index is 5.19. The molecule has 0 fully saturated rings. The quantitative estimate of drug-likeness (QED) is 0.171. The molecule has 6 aromatic carbocycles. The van der Waals surface area contributed by atoms with E-state index in [1.54, 1.807) is 0 Å². The van der Waals surface area contributed by atoms with E-state index in [-0.39, 0.29) is 11.3 Å². The van der Waals surface area contributed by atoms with Gasteiger partial charge in [0.2, 0.25) is 0 Å². The lowest BCUT2D eigenvalue weighted by Crippen LogP contribution is -2.30. The summed E-state index contributed by atoms with van der Waals surface area (Å²) in [7, 11) is 0. The minimum absolute atomic E-state index is 0.213. The van der Waals surface area contributed by atoms with Gasteiger partial charge < -0.3 is 4.90 Å². The van der Waals surface area contributed by atoms with Crippen LogP contribution in [0, 0.1) is 5.41 Å². The van der Waals surface area contributed by atoms with Gasteiger partial charge in [0.1, 0.15) is 0 Å². The van der Waals surface area contributed by atoms with Gasteiger partial charge in [0, 0.05) is 33.6 Å². The summed E-state index contributed by atoms with van der Waals surface area (Å²) in [4.78, 5) is 7.53. The fraction of sp³-hybridized carbons (Fsp3) is 0.0784. The highest BCUT2D eigenvalue weighted by molar-refractivity contribution is 6.01. The van der Waals surface area contributed by atoms with Crippen LogP contribution >= 0.6 is 0 Å². The molecule has 53 heavy (non-hydrogen) atoms. The average Bonchev–Trinajstić information content (AvgIpc) is 3.76. The topological polar surface area (TPSA) is 15.6 Å². The summed E-state index contributed by atoms with van der Waals surface area (Å²) in [6.07, 6.45) is 9.60. The fourth-order valence-electron chi connectivity index (χ4n) is 8.84. The zero-order valence-electron chi connectivity index (χ0n) is 29.9. The van der Waals surface area contributed by atoms with Gasteiger partial charge in [0.15, 0.2) is 0 Å². The molecule has 10 rings (SSSR count). The van der Waals surface area contributed by atoms with E-state index in [0.29, 0.717) is 0 Å². The largest absolute Gasteiger partial charge is 0.311 e. The number of nitrogens with zero attached hydrogens (tertiary/aromatic N) is 2. The zero-order chi connectivity index (χ0) is 35.5. The summed E-state index contributed by atoms with van der Waals surface area (Å²) in [6.45, 7) is 4.78. The van der Waals surface area contributed by atoms with Gasteiger partial charge in [-0.05, 0) is 104 Å². The number of fused-ring (bicyclic) bond motifs is 4.